The number of aromatic nitrogens is 4. The Hall–Kier alpha value is -2.40. The fourth-order valence-electron chi connectivity index (χ4n) is 2.44. The second kappa shape index (κ2) is 5.93. The van der Waals surface area contributed by atoms with Gasteiger partial charge >= 0.3 is 0 Å². The van der Waals surface area contributed by atoms with Crippen LogP contribution in [0.5, 0.6) is 0 Å². The average Bonchev–Trinajstić information content (AvgIpc) is 3.15. The van der Waals surface area contributed by atoms with E-state index in [1.807, 2.05) is 48.1 Å². The lowest BCUT2D eigenvalue weighted by molar-refractivity contribution is 0.167. The highest BCUT2D eigenvalue weighted by atomic mass is 16.3. The van der Waals surface area contributed by atoms with Gasteiger partial charge in [-0.3, -0.25) is 5.10 Å². The molecule has 5 nitrogen and oxygen atoms in total. The summed E-state index contributed by atoms with van der Waals surface area (Å²) in [4.78, 5) is 4.28. The van der Waals surface area contributed by atoms with Gasteiger partial charge in [0, 0.05) is 31.4 Å². The van der Waals surface area contributed by atoms with Crippen molar-refractivity contribution in [3.63, 3.8) is 0 Å². The highest BCUT2D eigenvalue weighted by Gasteiger charge is 2.16. The number of imidazole rings is 1. The number of aliphatic hydroxyl groups excluding tert-OH is 1. The first-order valence-corrected chi connectivity index (χ1v) is 6.98. The summed E-state index contributed by atoms with van der Waals surface area (Å²) in [6.45, 7) is 0. The lowest BCUT2D eigenvalue weighted by Crippen LogP contribution is -2.04. The third kappa shape index (κ3) is 2.87. The lowest BCUT2D eigenvalue weighted by Gasteiger charge is -2.11. The second-order valence-electron chi connectivity index (χ2n) is 5.08. The molecule has 0 bridgehead atoms. The first kappa shape index (κ1) is 13.6. The molecule has 0 fully saturated rings. The first-order valence-electron chi connectivity index (χ1n) is 6.98. The number of benzene rings is 1. The van der Waals surface area contributed by atoms with E-state index in [0.717, 1.165) is 29.1 Å². The van der Waals surface area contributed by atoms with Crippen LogP contribution in [0.4, 0.5) is 0 Å². The van der Waals surface area contributed by atoms with E-state index in [1.54, 1.807) is 12.4 Å². The summed E-state index contributed by atoms with van der Waals surface area (Å²) in [5.41, 5.74) is 2.74. The second-order valence-corrected chi connectivity index (χ2v) is 5.08. The van der Waals surface area contributed by atoms with Gasteiger partial charge in [0.15, 0.2) is 0 Å². The number of hydrogen-bond acceptors (Lipinski definition) is 3. The van der Waals surface area contributed by atoms with E-state index in [2.05, 4.69) is 15.2 Å². The standard InChI is InChI=1S/C16H18N4O/c1-20-10-9-17-15(20)8-7-14(21)13-11-18-19-16(13)12-5-3-2-4-6-12/h2-6,9-11,14,21H,7-8H2,1H3,(H,18,19). The fourth-order valence-corrected chi connectivity index (χ4v) is 2.44. The Balaban J connectivity index is 1.75. The van der Waals surface area contributed by atoms with Gasteiger partial charge in [-0.25, -0.2) is 4.98 Å². The minimum Gasteiger partial charge on any atom is -0.388 e. The summed E-state index contributed by atoms with van der Waals surface area (Å²) < 4.78 is 1.97. The number of nitrogens with one attached hydrogen (secondary N) is 1. The van der Waals surface area contributed by atoms with E-state index < -0.39 is 6.10 Å². The summed E-state index contributed by atoms with van der Waals surface area (Å²) in [5.74, 6) is 0.971. The average molecular weight is 282 g/mol. The Morgan fingerprint density at radius 2 is 2.10 bits per heavy atom. The van der Waals surface area contributed by atoms with Crippen molar-refractivity contribution in [3.8, 4) is 11.3 Å². The maximum absolute atomic E-state index is 10.4. The molecular formula is C16H18N4O. The molecule has 0 spiro atoms. The minimum atomic E-state index is -0.560. The minimum absolute atomic E-state index is 0.560. The van der Waals surface area contributed by atoms with Crippen LogP contribution in [0.3, 0.4) is 0 Å². The van der Waals surface area contributed by atoms with E-state index in [9.17, 15) is 5.11 Å². The molecule has 1 atom stereocenters. The van der Waals surface area contributed by atoms with Crippen LogP contribution in [0.25, 0.3) is 11.3 Å². The number of rotatable bonds is 5. The van der Waals surface area contributed by atoms with Crippen LogP contribution in [-0.4, -0.2) is 24.9 Å². The van der Waals surface area contributed by atoms with Crippen molar-refractivity contribution >= 4 is 0 Å². The maximum Gasteiger partial charge on any atom is 0.108 e. The summed E-state index contributed by atoms with van der Waals surface area (Å²) in [7, 11) is 1.96. The van der Waals surface area contributed by atoms with Crippen LogP contribution in [0.15, 0.2) is 48.9 Å². The smallest absolute Gasteiger partial charge is 0.108 e. The van der Waals surface area contributed by atoms with Gasteiger partial charge in [0.05, 0.1) is 18.0 Å². The van der Waals surface area contributed by atoms with Gasteiger partial charge in [-0.1, -0.05) is 30.3 Å². The molecule has 2 heterocycles. The Morgan fingerprint density at radius 3 is 2.81 bits per heavy atom. The fraction of sp³-hybridized carbons (Fsp3) is 0.250. The van der Waals surface area contributed by atoms with Gasteiger partial charge in [0.2, 0.25) is 0 Å². The molecule has 3 aromatic rings. The van der Waals surface area contributed by atoms with E-state index in [1.165, 1.54) is 0 Å². The van der Waals surface area contributed by atoms with E-state index in [-0.39, 0.29) is 0 Å². The van der Waals surface area contributed by atoms with E-state index >= 15 is 0 Å². The van der Waals surface area contributed by atoms with Crippen LogP contribution in [0, 0.1) is 0 Å². The lowest BCUT2D eigenvalue weighted by atomic mass is 10.0. The van der Waals surface area contributed by atoms with Crippen molar-refractivity contribution in [1.82, 2.24) is 19.7 Å². The Labute approximate surface area is 123 Å². The number of aliphatic hydroxyl groups is 1. The topological polar surface area (TPSA) is 66.7 Å². The van der Waals surface area contributed by atoms with Gasteiger partial charge in [0.25, 0.3) is 0 Å². The monoisotopic (exact) mass is 282 g/mol. The molecule has 0 aliphatic rings. The van der Waals surface area contributed by atoms with Crippen molar-refractivity contribution in [2.45, 2.75) is 18.9 Å². The molecule has 1 unspecified atom stereocenters. The summed E-state index contributed by atoms with van der Waals surface area (Å²) in [6, 6.07) is 9.92. The summed E-state index contributed by atoms with van der Waals surface area (Å²) in [6.07, 6.45) is 6.17. The van der Waals surface area contributed by atoms with E-state index in [4.69, 9.17) is 0 Å². The van der Waals surface area contributed by atoms with Crippen LogP contribution in [0.1, 0.15) is 23.9 Å². The molecule has 0 aliphatic heterocycles. The molecule has 0 amide bonds. The van der Waals surface area contributed by atoms with Gasteiger partial charge < -0.3 is 9.67 Å². The molecule has 5 heteroatoms. The van der Waals surface area contributed by atoms with Gasteiger partial charge in [-0.15, -0.1) is 0 Å². The van der Waals surface area contributed by atoms with Crippen LogP contribution in [0.2, 0.25) is 0 Å². The van der Waals surface area contributed by atoms with Crippen LogP contribution >= 0.6 is 0 Å². The Bertz CT molecular complexity index is 702. The van der Waals surface area contributed by atoms with Crippen molar-refractivity contribution < 1.29 is 5.11 Å². The van der Waals surface area contributed by atoms with Crippen LogP contribution in [-0.2, 0) is 13.5 Å². The molecule has 2 N–H and O–H groups in total. The highest BCUT2D eigenvalue weighted by Crippen LogP contribution is 2.28. The zero-order chi connectivity index (χ0) is 14.7. The van der Waals surface area contributed by atoms with Crippen LogP contribution < -0.4 is 0 Å². The third-order valence-electron chi connectivity index (χ3n) is 3.65. The number of nitrogens with zero attached hydrogens (tertiary/aromatic N) is 3. The van der Waals surface area contributed by atoms with Crippen molar-refractivity contribution in [2.24, 2.45) is 7.05 Å². The third-order valence-corrected chi connectivity index (χ3v) is 3.65. The SMILES string of the molecule is Cn1ccnc1CCC(O)c1cn[nH]c1-c1ccccc1. The molecule has 0 saturated carbocycles. The molecule has 21 heavy (non-hydrogen) atoms. The number of H-pyrrole nitrogens is 1. The largest absolute Gasteiger partial charge is 0.388 e. The van der Waals surface area contributed by atoms with Crippen molar-refractivity contribution in [2.75, 3.05) is 0 Å². The van der Waals surface area contributed by atoms with Gasteiger partial charge in [0.1, 0.15) is 5.82 Å². The van der Waals surface area contributed by atoms with Crippen molar-refractivity contribution in [3.05, 3.63) is 60.3 Å². The Kier molecular flexibility index (Phi) is 3.83. The predicted molar refractivity (Wildman–Crippen MR) is 80.5 cm³/mol. The molecule has 0 radical (unpaired) electrons. The van der Waals surface area contributed by atoms with Gasteiger partial charge in [-0.05, 0) is 12.0 Å². The maximum atomic E-state index is 10.4. The predicted octanol–water partition coefficient (Wildman–Crippen LogP) is 2.48. The summed E-state index contributed by atoms with van der Waals surface area (Å²) >= 11 is 0. The molecule has 3 rings (SSSR count). The summed E-state index contributed by atoms with van der Waals surface area (Å²) in [5, 5.41) is 17.5. The molecule has 0 saturated heterocycles. The number of hydrogen-bond donors (Lipinski definition) is 2. The molecule has 1 aromatic carbocycles. The number of aryl methyl sites for hydroxylation is 2. The zero-order valence-electron chi connectivity index (χ0n) is 11.9. The number of aromatic amines is 1. The molecule has 0 aliphatic carbocycles. The first-order chi connectivity index (χ1) is 10.3. The van der Waals surface area contributed by atoms with Gasteiger partial charge in [-0.2, -0.15) is 5.10 Å². The Morgan fingerprint density at radius 1 is 1.29 bits per heavy atom. The molecule has 2 aromatic heterocycles. The highest BCUT2D eigenvalue weighted by molar-refractivity contribution is 5.62. The molecular weight excluding hydrogens is 264 g/mol. The zero-order valence-corrected chi connectivity index (χ0v) is 11.9. The van der Waals surface area contributed by atoms with Crippen molar-refractivity contribution in [1.29, 1.82) is 0 Å². The van der Waals surface area contributed by atoms with E-state index in [0.29, 0.717) is 6.42 Å². The quantitative estimate of drug-likeness (QED) is 0.755. The molecule has 108 valence electrons. The normalized spacial score (nSPS) is 12.5.